The van der Waals surface area contributed by atoms with E-state index < -0.39 is 0 Å². The SMILES string of the molecule is CCSc1ccc(Cc2nnc(NC(=O)CCSc3ccc(F)cc3)o2)cc1. The van der Waals surface area contributed by atoms with Crippen molar-refractivity contribution >= 4 is 35.4 Å². The highest BCUT2D eigenvalue weighted by Gasteiger charge is 2.10. The van der Waals surface area contributed by atoms with Gasteiger partial charge in [-0.2, -0.15) is 0 Å². The van der Waals surface area contributed by atoms with Crippen LogP contribution in [0.2, 0.25) is 0 Å². The summed E-state index contributed by atoms with van der Waals surface area (Å²) >= 11 is 3.27. The van der Waals surface area contributed by atoms with Crippen LogP contribution < -0.4 is 5.32 Å². The van der Waals surface area contributed by atoms with E-state index in [1.165, 1.54) is 28.8 Å². The minimum atomic E-state index is -0.273. The number of halogens is 1. The molecule has 0 unspecified atom stereocenters. The van der Waals surface area contributed by atoms with E-state index in [2.05, 4.69) is 34.6 Å². The summed E-state index contributed by atoms with van der Waals surface area (Å²) in [6, 6.07) is 14.5. The van der Waals surface area contributed by atoms with Crippen LogP contribution >= 0.6 is 23.5 Å². The fourth-order valence-electron chi connectivity index (χ4n) is 2.39. The molecule has 0 radical (unpaired) electrons. The lowest BCUT2D eigenvalue weighted by Crippen LogP contribution is -2.12. The molecule has 5 nitrogen and oxygen atoms in total. The van der Waals surface area contributed by atoms with E-state index in [0.717, 1.165) is 16.2 Å². The molecule has 8 heteroatoms. The highest BCUT2D eigenvalue weighted by atomic mass is 32.2. The van der Waals surface area contributed by atoms with Gasteiger partial charge in [-0.25, -0.2) is 4.39 Å². The molecular weight excluding hydrogens is 397 g/mol. The van der Waals surface area contributed by atoms with E-state index >= 15 is 0 Å². The van der Waals surface area contributed by atoms with Crippen molar-refractivity contribution in [3.05, 3.63) is 65.8 Å². The Hall–Kier alpha value is -2.32. The lowest BCUT2D eigenvalue weighted by Gasteiger charge is -2.02. The second-order valence-electron chi connectivity index (χ2n) is 5.86. The largest absolute Gasteiger partial charge is 0.407 e. The summed E-state index contributed by atoms with van der Waals surface area (Å²) in [7, 11) is 0. The van der Waals surface area contributed by atoms with Crippen molar-refractivity contribution in [3.8, 4) is 0 Å². The number of hydrogen-bond donors (Lipinski definition) is 1. The summed E-state index contributed by atoms with van der Waals surface area (Å²) in [5, 5.41) is 10.5. The predicted octanol–water partition coefficient (Wildman–Crippen LogP) is 5.03. The van der Waals surface area contributed by atoms with Crippen LogP contribution in [0, 0.1) is 5.82 Å². The highest BCUT2D eigenvalue weighted by molar-refractivity contribution is 7.99. The quantitative estimate of drug-likeness (QED) is 0.493. The Morgan fingerprint density at radius 2 is 1.71 bits per heavy atom. The van der Waals surface area contributed by atoms with Crippen molar-refractivity contribution in [2.24, 2.45) is 0 Å². The standard InChI is InChI=1S/C20H20FN3O2S2/c1-2-27-16-7-3-14(4-8-16)13-19-23-24-20(26-19)22-18(25)11-12-28-17-9-5-15(21)6-10-17/h3-10H,2,11-13H2,1H3,(H,22,24,25). The maximum Gasteiger partial charge on any atom is 0.322 e. The lowest BCUT2D eigenvalue weighted by molar-refractivity contribution is -0.115. The van der Waals surface area contributed by atoms with Gasteiger partial charge in [0.05, 0.1) is 6.42 Å². The zero-order valence-electron chi connectivity index (χ0n) is 15.4. The molecule has 0 fully saturated rings. The van der Waals surface area contributed by atoms with Crippen LogP contribution in [0.1, 0.15) is 24.8 Å². The lowest BCUT2D eigenvalue weighted by atomic mass is 10.1. The Kier molecular flexibility index (Phi) is 7.50. The minimum absolute atomic E-state index is 0.102. The van der Waals surface area contributed by atoms with Gasteiger partial charge in [0, 0.05) is 22.0 Å². The second kappa shape index (κ2) is 10.3. The normalized spacial score (nSPS) is 10.8. The number of amides is 1. The maximum atomic E-state index is 12.9. The number of carbonyl (C=O) groups excluding carboxylic acids is 1. The number of carbonyl (C=O) groups is 1. The van der Waals surface area contributed by atoms with E-state index in [9.17, 15) is 9.18 Å². The third-order valence-corrected chi connectivity index (χ3v) is 5.62. The van der Waals surface area contributed by atoms with Gasteiger partial charge in [0.15, 0.2) is 0 Å². The average molecular weight is 418 g/mol. The summed E-state index contributed by atoms with van der Waals surface area (Å²) in [5.41, 5.74) is 1.07. The van der Waals surface area contributed by atoms with Crippen molar-refractivity contribution in [3.63, 3.8) is 0 Å². The summed E-state index contributed by atoms with van der Waals surface area (Å²) < 4.78 is 18.4. The molecule has 0 aliphatic carbocycles. The molecule has 0 saturated heterocycles. The Morgan fingerprint density at radius 1 is 1.04 bits per heavy atom. The third-order valence-electron chi connectivity index (χ3n) is 3.71. The van der Waals surface area contributed by atoms with Crippen LogP contribution in [0.4, 0.5) is 10.4 Å². The fraction of sp³-hybridized carbons (Fsp3) is 0.250. The van der Waals surface area contributed by atoms with Gasteiger partial charge in [0.25, 0.3) is 0 Å². The van der Waals surface area contributed by atoms with Crippen LogP contribution in [0.5, 0.6) is 0 Å². The summed E-state index contributed by atoms with van der Waals surface area (Å²) in [6.07, 6.45) is 0.802. The summed E-state index contributed by atoms with van der Waals surface area (Å²) in [4.78, 5) is 14.1. The molecule has 2 aromatic carbocycles. The van der Waals surface area contributed by atoms with Gasteiger partial charge in [-0.1, -0.05) is 24.2 Å². The number of aromatic nitrogens is 2. The van der Waals surface area contributed by atoms with Crippen LogP contribution in [-0.4, -0.2) is 27.6 Å². The molecule has 1 amide bonds. The third kappa shape index (κ3) is 6.38. The Balaban J connectivity index is 1.44. The van der Waals surface area contributed by atoms with Gasteiger partial charge in [-0.3, -0.25) is 10.1 Å². The number of nitrogens with zero attached hydrogens (tertiary/aromatic N) is 2. The zero-order valence-corrected chi connectivity index (χ0v) is 17.0. The van der Waals surface area contributed by atoms with E-state index in [0.29, 0.717) is 18.1 Å². The average Bonchev–Trinajstić information content (AvgIpc) is 3.12. The van der Waals surface area contributed by atoms with Gasteiger partial charge in [-0.05, 0) is 47.7 Å². The number of nitrogens with one attached hydrogen (secondary N) is 1. The van der Waals surface area contributed by atoms with E-state index in [4.69, 9.17) is 4.42 Å². The molecular formula is C20H20FN3O2S2. The Labute approximate surface area is 171 Å². The Bertz CT molecular complexity index is 899. The van der Waals surface area contributed by atoms with Crippen molar-refractivity contribution in [1.29, 1.82) is 0 Å². The van der Waals surface area contributed by atoms with E-state index in [-0.39, 0.29) is 24.2 Å². The highest BCUT2D eigenvalue weighted by Crippen LogP contribution is 2.20. The van der Waals surface area contributed by atoms with Crippen LogP contribution in [0.25, 0.3) is 0 Å². The molecule has 0 aliphatic rings. The number of anilines is 1. The predicted molar refractivity (Wildman–Crippen MR) is 110 cm³/mol. The molecule has 3 aromatic rings. The van der Waals surface area contributed by atoms with Gasteiger partial charge in [-0.15, -0.1) is 28.6 Å². The summed E-state index contributed by atoms with van der Waals surface area (Å²) in [6.45, 7) is 2.12. The monoisotopic (exact) mass is 417 g/mol. The summed E-state index contributed by atoms with van der Waals surface area (Å²) in [5.74, 6) is 1.58. The zero-order chi connectivity index (χ0) is 19.8. The van der Waals surface area contributed by atoms with Crippen molar-refractivity contribution in [2.45, 2.75) is 29.6 Å². The van der Waals surface area contributed by atoms with Gasteiger partial charge >= 0.3 is 6.01 Å². The van der Waals surface area contributed by atoms with E-state index in [1.54, 1.807) is 23.9 Å². The first-order valence-electron chi connectivity index (χ1n) is 8.84. The first kappa shape index (κ1) is 20.4. The number of benzene rings is 2. The smallest absolute Gasteiger partial charge is 0.322 e. The molecule has 0 saturated carbocycles. The molecule has 146 valence electrons. The number of hydrogen-bond acceptors (Lipinski definition) is 6. The molecule has 28 heavy (non-hydrogen) atoms. The van der Waals surface area contributed by atoms with Crippen molar-refractivity contribution in [1.82, 2.24) is 10.2 Å². The molecule has 0 aliphatic heterocycles. The first-order chi connectivity index (χ1) is 13.6. The van der Waals surface area contributed by atoms with Crippen molar-refractivity contribution < 1.29 is 13.6 Å². The van der Waals surface area contributed by atoms with Gasteiger partial charge < -0.3 is 4.42 Å². The molecule has 1 aromatic heterocycles. The van der Waals surface area contributed by atoms with Crippen LogP contribution in [-0.2, 0) is 11.2 Å². The number of rotatable bonds is 9. The van der Waals surface area contributed by atoms with Gasteiger partial charge in [0.2, 0.25) is 11.8 Å². The molecule has 0 spiro atoms. The molecule has 1 N–H and O–H groups in total. The van der Waals surface area contributed by atoms with E-state index in [1.807, 2.05) is 12.1 Å². The van der Waals surface area contributed by atoms with Crippen LogP contribution in [0.3, 0.4) is 0 Å². The molecule has 1 heterocycles. The fourth-order valence-corrected chi connectivity index (χ4v) is 3.91. The molecule has 0 bridgehead atoms. The van der Waals surface area contributed by atoms with Crippen molar-refractivity contribution in [2.75, 3.05) is 16.8 Å². The maximum absolute atomic E-state index is 12.9. The van der Waals surface area contributed by atoms with Crippen LogP contribution in [0.15, 0.2) is 62.7 Å². The topological polar surface area (TPSA) is 68.0 Å². The van der Waals surface area contributed by atoms with Gasteiger partial charge in [0.1, 0.15) is 5.82 Å². The minimum Gasteiger partial charge on any atom is -0.407 e. The molecule has 3 rings (SSSR count). The Morgan fingerprint density at radius 3 is 2.43 bits per heavy atom. The second-order valence-corrected chi connectivity index (χ2v) is 8.36. The molecule has 0 atom stereocenters. The first-order valence-corrected chi connectivity index (χ1v) is 10.8. The number of thioether (sulfide) groups is 2.